The van der Waals surface area contributed by atoms with Gasteiger partial charge in [0.15, 0.2) is 6.61 Å². The van der Waals surface area contributed by atoms with E-state index in [1.807, 2.05) is 72.8 Å². The van der Waals surface area contributed by atoms with Crippen molar-refractivity contribution in [1.82, 2.24) is 10.2 Å². The van der Waals surface area contributed by atoms with E-state index in [1.165, 1.54) is 0 Å². The van der Waals surface area contributed by atoms with E-state index in [0.29, 0.717) is 17.9 Å². The summed E-state index contributed by atoms with van der Waals surface area (Å²) in [5, 5.41) is 2.73. The molecule has 3 rings (SSSR count). The monoisotopic (exact) mass is 566 g/mol. The van der Waals surface area contributed by atoms with E-state index in [9.17, 15) is 9.59 Å². The lowest BCUT2D eigenvalue weighted by atomic mass is 9.87. The summed E-state index contributed by atoms with van der Waals surface area (Å²) in [6.45, 7) is 6.44. The first-order valence-electron chi connectivity index (χ1n) is 12.2. The summed E-state index contributed by atoms with van der Waals surface area (Å²) in [7, 11) is 3.18. The predicted molar refractivity (Wildman–Crippen MR) is 150 cm³/mol. The summed E-state index contributed by atoms with van der Waals surface area (Å²) in [4.78, 5) is 28.3. The van der Waals surface area contributed by atoms with Crippen LogP contribution in [0, 0.1) is 0 Å². The van der Waals surface area contributed by atoms with Gasteiger partial charge in [-0.2, -0.15) is 0 Å². The minimum Gasteiger partial charge on any atom is -0.497 e. The number of likely N-dealkylation sites (N-methyl/N-ethyl adjacent to an activating group) is 1. The van der Waals surface area contributed by atoms with E-state index in [0.717, 1.165) is 21.2 Å². The van der Waals surface area contributed by atoms with Crippen LogP contribution >= 0.6 is 15.9 Å². The quantitative estimate of drug-likeness (QED) is 0.351. The summed E-state index contributed by atoms with van der Waals surface area (Å²) in [6.07, 6.45) is 0.375. The molecule has 0 aliphatic carbocycles. The highest BCUT2D eigenvalue weighted by molar-refractivity contribution is 9.10. The van der Waals surface area contributed by atoms with Gasteiger partial charge in [-0.25, -0.2) is 0 Å². The summed E-state index contributed by atoms with van der Waals surface area (Å²) in [5.74, 6) is 0.723. The maximum Gasteiger partial charge on any atom is 0.261 e. The molecular formula is C30H35BrN2O4. The van der Waals surface area contributed by atoms with Crippen molar-refractivity contribution in [2.45, 2.75) is 45.2 Å². The first-order valence-corrected chi connectivity index (χ1v) is 13.0. The van der Waals surface area contributed by atoms with Crippen molar-refractivity contribution in [2.24, 2.45) is 0 Å². The number of ether oxygens (including phenoxy) is 2. The zero-order valence-electron chi connectivity index (χ0n) is 22.1. The molecule has 0 aliphatic heterocycles. The molecule has 37 heavy (non-hydrogen) atoms. The minimum absolute atomic E-state index is 0.0113. The zero-order chi connectivity index (χ0) is 27.0. The lowest BCUT2D eigenvalue weighted by Crippen LogP contribution is -2.51. The predicted octanol–water partition coefficient (Wildman–Crippen LogP) is 5.52. The third-order valence-electron chi connectivity index (χ3n) is 6.15. The lowest BCUT2D eigenvalue weighted by Gasteiger charge is -2.31. The number of halogens is 1. The standard InChI is InChI=1S/C30H35BrN2O4/c1-30(2,3)23-14-15-27(25(31)18-23)37-20-28(34)33(19-22-12-9-13-24(16-22)36-5)26(29(35)32-4)17-21-10-7-6-8-11-21/h6-16,18,26H,17,19-20H2,1-5H3,(H,32,35)/t26-/m0/s1. The molecule has 0 fully saturated rings. The molecule has 0 saturated heterocycles. The Morgan fingerprint density at radius 1 is 0.973 bits per heavy atom. The smallest absolute Gasteiger partial charge is 0.261 e. The van der Waals surface area contributed by atoms with Crippen LogP contribution in [-0.4, -0.2) is 43.5 Å². The Morgan fingerprint density at radius 3 is 2.30 bits per heavy atom. The van der Waals surface area contributed by atoms with Crippen LogP contribution in [0.2, 0.25) is 0 Å². The second-order valence-corrected chi connectivity index (χ2v) is 10.7. The number of hydrogen-bond donors (Lipinski definition) is 1. The molecule has 0 bridgehead atoms. The third-order valence-corrected chi connectivity index (χ3v) is 6.77. The Labute approximate surface area is 228 Å². The average Bonchev–Trinajstić information content (AvgIpc) is 2.89. The fraction of sp³-hybridized carbons (Fsp3) is 0.333. The second kappa shape index (κ2) is 12.8. The lowest BCUT2D eigenvalue weighted by molar-refractivity contribution is -0.142. The second-order valence-electron chi connectivity index (χ2n) is 9.88. The van der Waals surface area contributed by atoms with Gasteiger partial charge in [-0.3, -0.25) is 9.59 Å². The molecule has 0 spiro atoms. The van der Waals surface area contributed by atoms with Crippen LogP contribution in [0.4, 0.5) is 0 Å². The molecule has 2 amide bonds. The Morgan fingerprint density at radius 2 is 1.68 bits per heavy atom. The van der Waals surface area contributed by atoms with Crippen molar-refractivity contribution in [3.63, 3.8) is 0 Å². The molecule has 3 aromatic rings. The SMILES string of the molecule is CNC(=O)[C@H](Cc1ccccc1)N(Cc1cccc(OC)c1)C(=O)COc1ccc(C(C)(C)C)cc1Br. The van der Waals surface area contributed by atoms with Gasteiger partial charge in [0.1, 0.15) is 17.5 Å². The maximum atomic E-state index is 13.6. The molecule has 0 unspecified atom stereocenters. The molecule has 0 aliphatic rings. The normalized spacial score (nSPS) is 11.9. The fourth-order valence-corrected chi connectivity index (χ4v) is 4.49. The molecule has 0 radical (unpaired) electrons. The average molecular weight is 568 g/mol. The van der Waals surface area contributed by atoms with Crippen molar-refractivity contribution in [1.29, 1.82) is 0 Å². The summed E-state index contributed by atoms with van der Waals surface area (Å²) < 4.78 is 12.1. The molecule has 7 heteroatoms. The number of nitrogens with one attached hydrogen (secondary N) is 1. The van der Waals surface area contributed by atoms with E-state index in [2.05, 4.69) is 42.0 Å². The van der Waals surface area contributed by atoms with Gasteiger partial charge in [0, 0.05) is 20.0 Å². The van der Waals surface area contributed by atoms with E-state index >= 15 is 0 Å². The third kappa shape index (κ3) is 7.83. The Hall–Kier alpha value is -3.32. The molecule has 196 valence electrons. The van der Waals surface area contributed by atoms with Gasteiger partial charge >= 0.3 is 0 Å². The number of amides is 2. The zero-order valence-corrected chi connectivity index (χ0v) is 23.7. The number of carbonyl (C=O) groups excluding carboxylic acids is 2. The van der Waals surface area contributed by atoms with Crippen LogP contribution in [-0.2, 0) is 28.0 Å². The summed E-state index contributed by atoms with van der Waals surface area (Å²) >= 11 is 3.58. The van der Waals surface area contributed by atoms with Gasteiger partial charge in [0.05, 0.1) is 11.6 Å². The van der Waals surface area contributed by atoms with Crippen LogP contribution in [0.15, 0.2) is 77.3 Å². The highest BCUT2D eigenvalue weighted by Crippen LogP contribution is 2.31. The number of rotatable bonds is 10. The van der Waals surface area contributed by atoms with Crippen LogP contribution in [0.5, 0.6) is 11.5 Å². The van der Waals surface area contributed by atoms with E-state index in [4.69, 9.17) is 9.47 Å². The number of nitrogens with zero attached hydrogens (tertiary/aromatic N) is 1. The van der Waals surface area contributed by atoms with Crippen molar-refractivity contribution in [2.75, 3.05) is 20.8 Å². The molecule has 0 heterocycles. The van der Waals surface area contributed by atoms with E-state index in [-0.39, 0.29) is 30.4 Å². The molecule has 0 aromatic heterocycles. The maximum absolute atomic E-state index is 13.6. The Kier molecular flexibility index (Phi) is 9.75. The van der Waals surface area contributed by atoms with Gasteiger partial charge in [-0.1, -0.05) is 69.3 Å². The number of hydrogen-bond acceptors (Lipinski definition) is 4. The van der Waals surface area contributed by atoms with E-state index < -0.39 is 6.04 Å². The molecule has 0 saturated carbocycles. The van der Waals surface area contributed by atoms with Crippen LogP contribution < -0.4 is 14.8 Å². The molecule has 1 N–H and O–H groups in total. The van der Waals surface area contributed by atoms with Crippen molar-refractivity contribution in [3.8, 4) is 11.5 Å². The first-order chi connectivity index (χ1) is 17.6. The molecular weight excluding hydrogens is 532 g/mol. The highest BCUT2D eigenvalue weighted by atomic mass is 79.9. The van der Waals surface area contributed by atoms with Crippen LogP contribution in [0.1, 0.15) is 37.5 Å². The Bertz CT molecular complexity index is 1210. The van der Waals surface area contributed by atoms with Crippen molar-refractivity contribution < 1.29 is 19.1 Å². The molecule has 1 atom stereocenters. The topological polar surface area (TPSA) is 67.9 Å². The van der Waals surface area contributed by atoms with E-state index in [1.54, 1.807) is 19.1 Å². The van der Waals surface area contributed by atoms with Gasteiger partial charge in [-0.05, 0) is 62.3 Å². The van der Waals surface area contributed by atoms with Crippen LogP contribution in [0.25, 0.3) is 0 Å². The highest BCUT2D eigenvalue weighted by Gasteiger charge is 2.30. The Balaban J connectivity index is 1.89. The number of methoxy groups -OCH3 is 1. The largest absolute Gasteiger partial charge is 0.497 e. The minimum atomic E-state index is -0.721. The summed E-state index contributed by atoms with van der Waals surface area (Å²) in [6, 6.07) is 22.3. The summed E-state index contributed by atoms with van der Waals surface area (Å²) in [5.41, 5.74) is 2.95. The van der Waals surface area contributed by atoms with Gasteiger partial charge in [-0.15, -0.1) is 0 Å². The van der Waals surface area contributed by atoms with Crippen LogP contribution in [0.3, 0.4) is 0 Å². The van der Waals surface area contributed by atoms with Gasteiger partial charge < -0.3 is 19.7 Å². The van der Waals surface area contributed by atoms with Crippen molar-refractivity contribution in [3.05, 3.63) is 94.0 Å². The molecule has 6 nitrogen and oxygen atoms in total. The van der Waals surface area contributed by atoms with Gasteiger partial charge in [0.25, 0.3) is 5.91 Å². The van der Waals surface area contributed by atoms with Crippen molar-refractivity contribution >= 4 is 27.7 Å². The number of benzene rings is 3. The molecule has 3 aromatic carbocycles. The fourth-order valence-electron chi connectivity index (χ4n) is 3.99. The van der Waals surface area contributed by atoms with Gasteiger partial charge in [0.2, 0.25) is 5.91 Å². The first kappa shape index (κ1) is 28.3. The number of carbonyl (C=O) groups is 2.